The summed E-state index contributed by atoms with van der Waals surface area (Å²) in [6, 6.07) is 2.95. The minimum absolute atomic E-state index is 0. The van der Waals surface area contributed by atoms with Crippen LogP contribution in [-0.4, -0.2) is 40.0 Å². The molecule has 1 atom stereocenters. The molecular formula is C19H20ClF3N6O. The first kappa shape index (κ1) is 21.8. The molecule has 1 fully saturated rings. The minimum Gasteiger partial charge on any atom is -0.369 e. The number of H-pyrrole nitrogens is 1. The van der Waals surface area contributed by atoms with E-state index >= 15 is 0 Å². The smallest absolute Gasteiger partial charge is 0.369 e. The number of nitrogens with one attached hydrogen (secondary N) is 2. The van der Waals surface area contributed by atoms with Gasteiger partial charge in [0.15, 0.2) is 0 Å². The lowest BCUT2D eigenvalue weighted by Crippen LogP contribution is -2.43. The molecule has 30 heavy (non-hydrogen) atoms. The molecule has 3 aromatic rings. The van der Waals surface area contributed by atoms with E-state index in [1.54, 1.807) is 17.0 Å². The van der Waals surface area contributed by atoms with Gasteiger partial charge in [0, 0.05) is 43.9 Å². The minimum atomic E-state index is -4.60. The number of carbonyl (C=O) groups excluding carboxylic acids is 1. The van der Waals surface area contributed by atoms with Crippen LogP contribution in [0.25, 0.3) is 11.0 Å². The van der Waals surface area contributed by atoms with Crippen LogP contribution in [0.4, 0.5) is 24.5 Å². The fourth-order valence-electron chi connectivity index (χ4n) is 3.62. The number of hydrogen-bond donors (Lipinski definition) is 3. The monoisotopic (exact) mass is 440 g/mol. The second kappa shape index (κ2) is 8.49. The molecule has 3 aromatic heterocycles. The Hall–Kier alpha value is -2.85. The van der Waals surface area contributed by atoms with E-state index in [0.29, 0.717) is 25.1 Å². The Morgan fingerprint density at radius 2 is 2.13 bits per heavy atom. The van der Waals surface area contributed by atoms with Gasteiger partial charge < -0.3 is 20.9 Å². The third-order valence-corrected chi connectivity index (χ3v) is 4.93. The molecule has 0 bridgehead atoms. The fourth-order valence-corrected chi connectivity index (χ4v) is 3.62. The fraction of sp³-hybridized carbons (Fsp3) is 0.316. The van der Waals surface area contributed by atoms with Crippen LogP contribution < -0.4 is 16.0 Å². The first-order valence-electron chi connectivity index (χ1n) is 9.14. The number of halogens is 4. The number of hydrogen-bond acceptors (Lipinski definition) is 5. The highest BCUT2D eigenvalue weighted by atomic mass is 35.5. The summed E-state index contributed by atoms with van der Waals surface area (Å²) in [7, 11) is 0. The Bertz CT molecular complexity index is 1040. The van der Waals surface area contributed by atoms with Gasteiger partial charge in [0.1, 0.15) is 5.65 Å². The molecule has 1 aliphatic heterocycles. The van der Waals surface area contributed by atoms with Crippen molar-refractivity contribution in [2.45, 2.75) is 25.1 Å². The molecule has 1 amide bonds. The zero-order valence-electron chi connectivity index (χ0n) is 15.7. The van der Waals surface area contributed by atoms with Crippen LogP contribution >= 0.6 is 12.4 Å². The number of amides is 1. The number of carbonyl (C=O) groups is 1. The Labute approximate surface area is 176 Å². The van der Waals surface area contributed by atoms with Gasteiger partial charge in [-0.25, -0.2) is 4.98 Å². The molecule has 0 spiro atoms. The first-order chi connectivity index (χ1) is 13.8. The number of anilines is 2. The van der Waals surface area contributed by atoms with E-state index in [2.05, 4.69) is 20.3 Å². The lowest BCUT2D eigenvalue weighted by atomic mass is 10.0. The molecule has 0 radical (unpaired) electrons. The van der Waals surface area contributed by atoms with Crippen LogP contribution in [0.1, 0.15) is 28.8 Å². The van der Waals surface area contributed by atoms with Crippen LogP contribution in [0.3, 0.4) is 0 Å². The molecule has 4 N–H and O–H groups in total. The van der Waals surface area contributed by atoms with E-state index in [4.69, 9.17) is 5.73 Å². The summed E-state index contributed by atoms with van der Waals surface area (Å²) in [5.41, 5.74) is 5.92. The highest BCUT2D eigenvalue weighted by Crippen LogP contribution is 2.43. The van der Waals surface area contributed by atoms with Crippen LogP contribution in [0.5, 0.6) is 0 Å². The number of rotatable bonds is 3. The molecule has 7 nitrogen and oxygen atoms in total. The topological polar surface area (TPSA) is 99.9 Å². The number of nitrogens with zero attached hydrogens (tertiary/aromatic N) is 3. The Morgan fingerprint density at radius 3 is 2.80 bits per heavy atom. The molecule has 4 heterocycles. The van der Waals surface area contributed by atoms with Gasteiger partial charge in [-0.15, -0.1) is 12.4 Å². The van der Waals surface area contributed by atoms with Crippen molar-refractivity contribution in [3.63, 3.8) is 0 Å². The van der Waals surface area contributed by atoms with Crippen LogP contribution in [-0.2, 0) is 6.18 Å². The summed E-state index contributed by atoms with van der Waals surface area (Å²) in [4.78, 5) is 24.8. The van der Waals surface area contributed by atoms with Crippen molar-refractivity contribution in [2.75, 3.05) is 23.3 Å². The number of piperidine rings is 1. The maximum atomic E-state index is 13.8. The summed E-state index contributed by atoms with van der Waals surface area (Å²) in [5, 5.41) is 2.89. The molecule has 0 aliphatic carbocycles. The van der Waals surface area contributed by atoms with E-state index < -0.39 is 17.6 Å². The number of fused-ring (bicyclic) bond motifs is 1. The number of aromatic nitrogens is 3. The van der Waals surface area contributed by atoms with E-state index in [1.165, 1.54) is 18.6 Å². The molecular weight excluding hydrogens is 421 g/mol. The van der Waals surface area contributed by atoms with Gasteiger partial charge in [-0.05, 0) is 25.0 Å². The molecule has 1 aliphatic rings. The third kappa shape index (κ3) is 4.19. The maximum Gasteiger partial charge on any atom is 0.419 e. The number of aromatic amines is 1. The van der Waals surface area contributed by atoms with Gasteiger partial charge in [0.05, 0.1) is 27.9 Å². The molecule has 1 saturated heterocycles. The summed E-state index contributed by atoms with van der Waals surface area (Å²) in [6.07, 6.45) is 2.02. The second-order valence-corrected chi connectivity index (χ2v) is 6.99. The Balaban J connectivity index is 0.00000256. The molecule has 4 rings (SSSR count). The van der Waals surface area contributed by atoms with Crippen molar-refractivity contribution in [1.82, 2.24) is 15.0 Å². The highest BCUT2D eigenvalue weighted by Gasteiger charge is 2.38. The highest BCUT2D eigenvalue weighted by molar-refractivity contribution is 6.11. The van der Waals surface area contributed by atoms with Gasteiger partial charge in [-0.2, -0.15) is 13.2 Å². The zero-order valence-corrected chi connectivity index (χ0v) is 16.6. The quantitative estimate of drug-likeness (QED) is 0.578. The molecule has 160 valence electrons. The van der Waals surface area contributed by atoms with Crippen molar-refractivity contribution in [3.05, 3.63) is 48.0 Å². The average Bonchev–Trinajstić information content (AvgIpc) is 3.10. The number of alkyl halides is 3. The van der Waals surface area contributed by atoms with Crippen LogP contribution in [0.2, 0.25) is 0 Å². The lowest BCUT2D eigenvalue weighted by molar-refractivity contribution is -0.137. The largest absolute Gasteiger partial charge is 0.419 e. The summed E-state index contributed by atoms with van der Waals surface area (Å²) in [5.74, 6) is -0.474. The SMILES string of the molecule is Cl.NC1CCCN(c2c(C(F)(F)F)cnc3[nH]cc(NC(=O)c4cccnc4)c23)C1. The van der Waals surface area contributed by atoms with Crippen molar-refractivity contribution >= 4 is 40.7 Å². The normalized spacial score (nSPS) is 16.9. The van der Waals surface area contributed by atoms with Crippen LogP contribution in [0.15, 0.2) is 36.9 Å². The number of pyridine rings is 2. The van der Waals surface area contributed by atoms with E-state index in [9.17, 15) is 18.0 Å². The summed E-state index contributed by atoms with van der Waals surface area (Å²) >= 11 is 0. The van der Waals surface area contributed by atoms with E-state index in [0.717, 1.165) is 12.6 Å². The predicted octanol–water partition coefficient (Wildman–Crippen LogP) is 3.58. The average molecular weight is 441 g/mol. The number of nitrogens with two attached hydrogens (primary N) is 1. The van der Waals surface area contributed by atoms with Crippen LogP contribution in [0, 0.1) is 0 Å². The molecule has 11 heteroatoms. The molecule has 1 unspecified atom stereocenters. The van der Waals surface area contributed by atoms with Crippen molar-refractivity contribution in [3.8, 4) is 0 Å². The Kier molecular flexibility index (Phi) is 6.18. The first-order valence-corrected chi connectivity index (χ1v) is 9.14. The molecule has 0 saturated carbocycles. The van der Waals surface area contributed by atoms with Crippen molar-refractivity contribution < 1.29 is 18.0 Å². The van der Waals surface area contributed by atoms with Gasteiger partial charge in [-0.3, -0.25) is 9.78 Å². The van der Waals surface area contributed by atoms with Gasteiger partial charge in [-0.1, -0.05) is 0 Å². The van der Waals surface area contributed by atoms with Gasteiger partial charge in [0.2, 0.25) is 0 Å². The Morgan fingerprint density at radius 1 is 1.33 bits per heavy atom. The predicted molar refractivity (Wildman–Crippen MR) is 110 cm³/mol. The van der Waals surface area contributed by atoms with E-state index in [1.807, 2.05) is 0 Å². The third-order valence-electron chi connectivity index (χ3n) is 4.93. The van der Waals surface area contributed by atoms with Crippen molar-refractivity contribution in [1.29, 1.82) is 0 Å². The van der Waals surface area contributed by atoms with Gasteiger partial charge in [0.25, 0.3) is 5.91 Å². The lowest BCUT2D eigenvalue weighted by Gasteiger charge is -2.34. The summed E-state index contributed by atoms with van der Waals surface area (Å²) in [6.45, 7) is 0.737. The maximum absolute atomic E-state index is 13.8. The standard InChI is InChI=1S/C19H19F3N6O.ClH/c20-19(21,22)13-8-25-17-15(16(13)28-6-2-4-12(23)10-28)14(9-26-17)27-18(29)11-3-1-5-24-7-11;/h1,3,5,7-9,12H,2,4,6,10,23H2,(H,25,26)(H,27,29);1H. The molecule has 0 aromatic carbocycles. The summed E-state index contributed by atoms with van der Waals surface area (Å²) < 4.78 is 41.4. The van der Waals surface area contributed by atoms with Crippen molar-refractivity contribution in [2.24, 2.45) is 5.73 Å². The second-order valence-electron chi connectivity index (χ2n) is 6.99. The van der Waals surface area contributed by atoms with E-state index in [-0.39, 0.29) is 40.9 Å². The zero-order chi connectivity index (χ0) is 20.6. The van der Waals surface area contributed by atoms with Gasteiger partial charge >= 0.3 is 6.18 Å².